The van der Waals surface area contributed by atoms with E-state index >= 15 is 0 Å². The molecule has 2 heterocycles. The smallest absolute Gasteiger partial charge is 0.341 e. The molecule has 2 aromatic heterocycles. The summed E-state index contributed by atoms with van der Waals surface area (Å²) < 4.78 is 10.6. The normalized spacial score (nSPS) is 10.3. The maximum Gasteiger partial charge on any atom is 0.341 e. The van der Waals surface area contributed by atoms with Gasteiger partial charge >= 0.3 is 11.9 Å². The molecular formula is C13H12N2O5. The minimum Gasteiger partial charge on any atom is -0.465 e. The van der Waals surface area contributed by atoms with Gasteiger partial charge in [0, 0.05) is 6.20 Å². The van der Waals surface area contributed by atoms with Gasteiger partial charge in [-0.05, 0) is 12.1 Å². The summed E-state index contributed by atoms with van der Waals surface area (Å²) in [5, 5.41) is 0. The Morgan fingerprint density at radius 3 is 2.20 bits per heavy atom. The number of primary amides is 1. The fraction of sp³-hybridized carbons (Fsp3) is 0.154. The molecule has 104 valence electrons. The Balaban J connectivity index is 2.97. The van der Waals surface area contributed by atoms with Crippen molar-refractivity contribution in [3.63, 3.8) is 0 Å². The zero-order valence-electron chi connectivity index (χ0n) is 10.9. The number of ether oxygens (including phenoxy) is 2. The third-order valence-corrected chi connectivity index (χ3v) is 2.86. The number of hydrogen-bond acceptors (Lipinski definition) is 5. The summed E-state index contributed by atoms with van der Waals surface area (Å²) in [4.78, 5) is 35.4. The average molecular weight is 276 g/mol. The van der Waals surface area contributed by atoms with E-state index in [4.69, 9.17) is 5.73 Å². The molecule has 1 amide bonds. The first kappa shape index (κ1) is 13.6. The van der Waals surface area contributed by atoms with Crippen LogP contribution in [0.2, 0.25) is 0 Å². The third kappa shape index (κ3) is 1.89. The summed E-state index contributed by atoms with van der Waals surface area (Å²) in [6, 6.07) is 4.88. The number of esters is 2. The number of amides is 1. The van der Waals surface area contributed by atoms with Crippen LogP contribution < -0.4 is 5.73 Å². The fourth-order valence-electron chi connectivity index (χ4n) is 2.06. The van der Waals surface area contributed by atoms with E-state index in [1.807, 2.05) is 0 Å². The van der Waals surface area contributed by atoms with E-state index in [2.05, 4.69) is 9.47 Å². The minimum absolute atomic E-state index is 0.0475. The van der Waals surface area contributed by atoms with Crippen LogP contribution in [0.25, 0.3) is 5.52 Å². The summed E-state index contributed by atoms with van der Waals surface area (Å²) in [6.45, 7) is 0. The second-order valence-electron chi connectivity index (χ2n) is 3.90. The quantitative estimate of drug-likeness (QED) is 0.828. The number of rotatable bonds is 3. The summed E-state index contributed by atoms with van der Waals surface area (Å²) in [5.41, 5.74) is 5.29. The molecule has 0 spiro atoms. The largest absolute Gasteiger partial charge is 0.465 e. The molecule has 0 aromatic carbocycles. The van der Waals surface area contributed by atoms with Crippen molar-refractivity contribution in [2.24, 2.45) is 5.73 Å². The molecule has 2 rings (SSSR count). The van der Waals surface area contributed by atoms with Gasteiger partial charge in [-0.3, -0.25) is 4.79 Å². The lowest BCUT2D eigenvalue weighted by molar-refractivity contribution is 0.0556. The van der Waals surface area contributed by atoms with Crippen molar-refractivity contribution in [1.82, 2.24) is 4.40 Å². The molecule has 0 saturated carbocycles. The number of hydrogen-bond donors (Lipinski definition) is 1. The first-order valence-electron chi connectivity index (χ1n) is 5.62. The number of aromatic nitrogens is 1. The standard InChI is InChI=1S/C13H12N2O5/c1-19-12(17)8-7-5-3-4-6-15(7)10(11(14)16)9(8)13(18)20-2/h3-6H,1-2H3,(H2,14,16). The van der Waals surface area contributed by atoms with Crippen molar-refractivity contribution in [1.29, 1.82) is 0 Å². The highest BCUT2D eigenvalue weighted by Crippen LogP contribution is 2.25. The molecule has 7 nitrogen and oxygen atoms in total. The van der Waals surface area contributed by atoms with Crippen molar-refractivity contribution >= 4 is 23.4 Å². The van der Waals surface area contributed by atoms with Gasteiger partial charge in [0.05, 0.1) is 19.7 Å². The van der Waals surface area contributed by atoms with Crippen LogP contribution >= 0.6 is 0 Å². The number of carbonyl (C=O) groups excluding carboxylic acids is 3. The zero-order chi connectivity index (χ0) is 14.9. The molecule has 0 unspecified atom stereocenters. The second kappa shape index (κ2) is 5.04. The monoisotopic (exact) mass is 276 g/mol. The van der Waals surface area contributed by atoms with Crippen LogP contribution in [-0.4, -0.2) is 36.5 Å². The van der Waals surface area contributed by atoms with Crippen molar-refractivity contribution in [2.45, 2.75) is 0 Å². The van der Waals surface area contributed by atoms with E-state index in [0.29, 0.717) is 5.52 Å². The van der Waals surface area contributed by atoms with E-state index < -0.39 is 17.8 Å². The number of pyridine rings is 1. The number of nitrogens with two attached hydrogens (primary N) is 1. The summed E-state index contributed by atoms with van der Waals surface area (Å²) in [5.74, 6) is -2.42. The summed E-state index contributed by atoms with van der Waals surface area (Å²) >= 11 is 0. The lowest BCUT2D eigenvalue weighted by Gasteiger charge is -2.02. The zero-order valence-corrected chi connectivity index (χ0v) is 10.9. The molecule has 0 fully saturated rings. The average Bonchev–Trinajstić information content (AvgIpc) is 2.80. The van der Waals surface area contributed by atoms with Crippen LogP contribution in [0, 0.1) is 0 Å². The summed E-state index contributed by atoms with van der Waals surface area (Å²) in [6.07, 6.45) is 1.52. The van der Waals surface area contributed by atoms with Gasteiger partial charge in [-0.2, -0.15) is 0 Å². The Labute approximate surface area is 113 Å². The Bertz CT molecular complexity index is 717. The van der Waals surface area contributed by atoms with Crippen molar-refractivity contribution in [3.8, 4) is 0 Å². The molecule has 2 aromatic rings. The van der Waals surface area contributed by atoms with E-state index in [1.54, 1.807) is 18.2 Å². The number of fused-ring (bicyclic) bond motifs is 1. The highest BCUT2D eigenvalue weighted by Gasteiger charge is 2.31. The molecule has 0 aliphatic carbocycles. The predicted molar refractivity (Wildman–Crippen MR) is 68.6 cm³/mol. The molecule has 20 heavy (non-hydrogen) atoms. The molecule has 2 N–H and O–H groups in total. The maximum atomic E-state index is 11.9. The van der Waals surface area contributed by atoms with Crippen molar-refractivity contribution in [3.05, 3.63) is 41.2 Å². The molecule has 0 aliphatic heterocycles. The van der Waals surface area contributed by atoms with E-state index in [9.17, 15) is 14.4 Å². The van der Waals surface area contributed by atoms with Crippen molar-refractivity contribution in [2.75, 3.05) is 14.2 Å². The molecule has 0 radical (unpaired) electrons. The van der Waals surface area contributed by atoms with Gasteiger partial charge in [-0.15, -0.1) is 0 Å². The van der Waals surface area contributed by atoms with Crippen LogP contribution in [0.3, 0.4) is 0 Å². The molecule has 0 aliphatic rings. The topological polar surface area (TPSA) is 100 Å². The fourth-order valence-corrected chi connectivity index (χ4v) is 2.06. The van der Waals surface area contributed by atoms with Crippen molar-refractivity contribution < 1.29 is 23.9 Å². The number of nitrogens with zero attached hydrogens (tertiary/aromatic N) is 1. The Morgan fingerprint density at radius 2 is 1.65 bits per heavy atom. The molecule has 0 atom stereocenters. The predicted octanol–water partition coefficient (Wildman–Crippen LogP) is 0.611. The molecule has 0 bridgehead atoms. The number of carbonyl (C=O) groups is 3. The minimum atomic E-state index is -0.846. The molecule has 0 saturated heterocycles. The SMILES string of the molecule is COC(=O)c1c(C(=O)OC)c2ccccn2c1C(N)=O. The summed E-state index contributed by atoms with van der Waals surface area (Å²) in [7, 11) is 2.33. The van der Waals surface area contributed by atoms with Crippen LogP contribution in [0.1, 0.15) is 31.2 Å². The lowest BCUT2D eigenvalue weighted by Crippen LogP contribution is -2.19. The second-order valence-corrected chi connectivity index (χ2v) is 3.90. The molecular weight excluding hydrogens is 264 g/mol. The van der Waals surface area contributed by atoms with Crippen LogP contribution in [-0.2, 0) is 9.47 Å². The van der Waals surface area contributed by atoms with E-state index in [0.717, 1.165) is 7.11 Å². The Morgan fingerprint density at radius 1 is 1.05 bits per heavy atom. The highest BCUT2D eigenvalue weighted by molar-refractivity contribution is 6.15. The van der Waals surface area contributed by atoms with E-state index in [-0.39, 0.29) is 16.8 Å². The van der Waals surface area contributed by atoms with Crippen LogP contribution in [0.5, 0.6) is 0 Å². The highest BCUT2D eigenvalue weighted by atomic mass is 16.5. The molecule has 7 heteroatoms. The maximum absolute atomic E-state index is 11.9. The van der Waals surface area contributed by atoms with Gasteiger partial charge in [0.25, 0.3) is 5.91 Å². The lowest BCUT2D eigenvalue weighted by atomic mass is 10.1. The van der Waals surface area contributed by atoms with Gasteiger partial charge < -0.3 is 19.6 Å². The van der Waals surface area contributed by atoms with Gasteiger partial charge in [0.2, 0.25) is 0 Å². The van der Waals surface area contributed by atoms with Crippen LogP contribution in [0.15, 0.2) is 24.4 Å². The van der Waals surface area contributed by atoms with Gasteiger partial charge in [-0.1, -0.05) is 6.07 Å². The number of methoxy groups -OCH3 is 2. The van der Waals surface area contributed by atoms with E-state index in [1.165, 1.54) is 17.7 Å². The Kier molecular flexibility index (Phi) is 3.43. The van der Waals surface area contributed by atoms with Gasteiger partial charge in [-0.25, -0.2) is 9.59 Å². The Hall–Kier alpha value is -2.83. The first-order chi connectivity index (χ1) is 9.52. The van der Waals surface area contributed by atoms with Crippen LogP contribution in [0.4, 0.5) is 0 Å². The first-order valence-corrected chi connectivity index (χ1v) is 5.62. The van der Waals surface area contributed by atoms with Gasteiger partial charge in [0.1, 0.15) is 16.8 Å². The van der Waals surface area contributed by atoms with Gasteiger partial charge in [0.15, 0.2) is 0 Å². The third-order valence-electron chi connectivity index (χ3n) is 2.86.